The standard InChI is InChI=1S/C3HFNS/c4-3-1-6-2-5-3/h1H. The van der Waals surface area contributed by atoms with Crippen molar-refractivity contribution in [2.45, 2.75) is 0 Å². The predicted octanol–water partition coefficient (Wildman–Crippen LogP) is 1.08. The molecule has 3 heteroatoms. The summed E-state index contributed by atoms with van der Waals surface area (Å²) in [4.78, 5) is 3.14. The topological polar surface area (TPSA) is 12.9 Å². The second kappa shape index (κ2) is 1.34. The lowest BCUT2D eigenvalue weighted by atomic mass is 11.0. The van der Waals surface area contributed by atoms with Gasteiger partial charge in [-0.2, -0.15) is 4.39 Å². The first-order valence-electron chi connectivity index (χ1n) is 1.36. The first-order valence-corrected chi connectivity index (χ1v) is 2.24. The van der Waals surface area contributed by atoms with Gasteiger partial charge in [-0.05, 0) is 0 Å². The van der Waals surface area contributed by atoms with Crippen LogP contribution in [0.4, 0.5) is 4.39 Å². The van der Waals surface area contributed by atoms with Gasteiger partial charge >= 0.3 is 0 Å². The summed E-state index contributed by atoms with van der Waals surface area (Å²) >= 11 is 1.13. The maximum Gasteiger partial charge on any atom is 0.224 e. The monoisotopic (exact) mass is 102 g/mol. The average Bonchev–Trinajstić information content (AvgIpc) is 1.86. The van der Waals surface area contributed by atoms with Crippen molar-refractivity contribution in [2.24, 2.45) is 0 Å². The van der Waals surface area contributed by atoms with Gasteiger partial charge in [-0.15, -0.1) is 11.3 Å². The van der Waals surface area contributed by atoms with Crippen molar-refractivity contribution in [1.82, 2.24) is 4.98 Å². The van der Waals surface area contributed by atoms with Crippen molar-refractivity contribution < 1.29 is 4.39 Å². The molecule has 0 spiro atoms. The van der Waals surface area contributed by atoms with E-state index in [-0.39, 0.29) is 0 Å². The van der Waals surface area contributed by atoms with Crippen molar-refractivity contribution in [1.29, 1.82) is 0 Å². The molecular formula is C3HFNS. The number of hydrogen-bond donors (Lipinski definition) is 0. The number of halogens is 1. The SMILES string of the molecule is Fc1cs[c]n1. The fraction of sp³-hybridized carbons (Fsp3) is 0. The van der Waals surface area contributed by atoms with E-state index >= 15 is 0 Å². The van der Waals surface area contributed by atoms with Crippen molar-refractivity contribution in [3.63, 3.8) is 0 Å². The third-order valence-corrected chi connectivity index (χ3v) is 0.870. The van der Waals surface area contributed by atoms with E-state index in [1.54, 1.807) is 0 Å². The Morgan fingerprint density at radius 2 is 2.83 bits per heavy atom. The molecule has 6 heavy (non-hydrogen) atoms. The van der Waals surface area contributed by atoms with Crippen molar-refractivity contribution in [2.75, 3.05) is 0 Å². The Morgan fingerprint density at radius 1 is 2.00 bits per heavy atom. The highest BCUT2D eigenvalue weighted by atomic mass is 32.1. The van der Waals surface area contributed by atoms with Crippen LogP contribution in [0.3, 0.4) is 0 Å². The molecule has 1 nitrogen and oxygen atoms in total. The van der Waals surface area contributed by atoms with Crippen LogP contribution in [0.1, 0.15) is 0 Å². The van der Waals surface area contributed by atoms with Gasteiger partial charge < -0.3 is 0 Å². The van der Waals surface area contributed by atoms with E-state index in [1.807, 2.05) is 0 Å². The summed E-state index contributed by atoms with van der Waals surface area (Å²) in [7, 11) is 0. The quantitative estimate of drug-likeness (QED) is 0.477. The molecule has 1 aromatic heterocycles. The molecule has 0 bridgehead atoms. The first kappa shape index (κ1) is 3.74. The van der Waals surface area contributed by atoms with Crippen LogP contribution in [0.2, 0.25) is 0 Å². The highest BCUT2D eigenvalue weighted by Gasteiger charge is 1.82. The number of nitrogens with zero attached hydrogens (tertiary/aromatic N) is 1. The van der Waals surface area contributed by atoms with Crippen LogP contribution >= 0.6 is 11.3 Å². The maximum absolute atomic E-state index is 11.5. The number of thiazole rings is 1. The van der Waals surface area contributed by atoms with Gasteiger partial charge in [0.1, 0.15) is 0 Å². The second-order valence-electron chi connectivity index (χ2n) is 0.762. The van der Waals surface area contributed by atoms with E-state index in [0.29, 0.717) is 0 Å². The van der Waals surface area contributed by atoms with E-state index < -0.39 is 5.95 Å². The Balaban J connectivity index is 3.05. The lowest BCUT2D eigenvalue weighted by molar-refractivity contribution is 0.591. The van der Waals surface area contributed by atoms with Gasteiger partial charge in [0, 0.05) is 5.38 Å². The summed E-state index contributed by atoms with van der Waals surface area (Å²) in [6.45, 7) is 0. The lowest BCUT2D eigenvalue weighted by Crippen LogP contribution is -1.61. The minimum atomic E-state index is -0.444. The highest BCUT2D eigenvalue weighted by molar-refractivity contribution is 7.07. The summed E-state index contributed by atoms with van der Waals surface area (Å²) in [6, 6.07) is 0. The van der Waals surface area contributed by atoms with E-state index in [0.717, 1.165) is 11.3 Å². The molecule has 0 aliphatic rings. The normalized spacial score (nSPS) is 8.83. The van der Waals surface area contributed by atoms with Crippen LogP contribution in [-0.4, -0.2) is 4.98 Å². The minimum absolute atomic E-state index is 0.444. The van der Waals surface area contributed by atoms with Crippen LogP contribution in [-0.2, 0) is 0 Å². The van der Waals surface area contributed by atoms with E-state index in [9.17, 15) is 4.39 Å². The van der Waals surface area contributed by atoms with Gasteiger partial charge in [0.25, 0.3) is 0 Å². The zero-order chi connectivity index (χ0) is 4.41. The predicted molar refractivity (Wildman–Crippen MR) is 20.9 cm³/mol. The molecule has 0 saturated carbocycles. The van der Waals surface area contributed by atoms with Crippen molar-refractivity contribution >= 4 is 11.3 Å². The third-order valence-electron chi connectivity index (χ3n) is 0.361. The van der Waals surface area contributed by atoms with E-state index in [1.165, 1.54) is 5.38 Å². The molecule has 0 aromatic carbocycles. The lowest BCUT2D eigenvalue weighted by Gasteiger charge is -1.58. The van der Waals surface area contributed by atoms with Gasteiger partial charge in [-0.25, -0.2) is 4.98 Å². The fourth-order valence-corrected chi connectivity index (χ4v) is 0.514. The Hall–Kier alpha value is -0.440. The van der Waals surface area contributed by atoms with Crippen LogP contribution in [0, 0.1) is 11.5 Å². The third kappa shape index (κ3) is 0.542. The highest BCUT2D eigenvalue weighted by Crippen LogP contribution is 1.94. The van der Waals surface area contributed by atoms with E-state index in [4.69, 9.17) is 0 Å². The molecule has 0 fully saturated rings. The maximum atomic E-state index is 11.5. The van der Waals surface area contributed by atoms with Crippen LogP contribution in [0.25, 0.3) is 0 Å². The Morgan fingerprint density at radius 3 is 3.00 bits per heavy atom. The minimum Gasteiger partial charge on any atom is -0.205 e. The second-order valence-corrected chi connectivity index (χ2v) is 1.42. The smallest absolute Gasteiger partial charge is 0.205 e. The van der Waals surface area contributed by atoms with Gasteiger partial charge in [-0.3, -0.25) is 0 Å². The van der Waals surface area contributed by atoms with Gasteiger partial charge in [0.2, 0.25) is 5.95 Å². The fourth-order valence-electron chi connectivity index (χ4n) is 0.171. The molecule has 1 rings (SSSR count). The zero-order valence-electron chi connectivity index (χ0n) is 2.81. The number of rotatable bonds is 0. The number of hydrogen-bond acceptors (Lipinski definition) is 2. The molecule has 0 saturated heterocycles. The van der Waals surface area contributed by atoms with Gasteiger partial charge in [0.05, 0.1) is 0 Å². The summed E-state index contributed by atoms with van der Waals surface area (Å²) < 4.78 is 11.5. The Bertz CT molecular complexity index is 114. The summed E-state index contributed by atoms with van der Waals surface area (Å²) in [5.41, 5.74) is 2.35. The van der Waals surface area contributed by atoms with Crippen LogP contribution < -0.4 is 0 Å². The molecule has 0 atom stereocenters. The number of aromatic nitrogens is 1. The zero-order valence-corrected chi connectivity index (χ0v) is 3.63. The summed E-state index contributed by atoms with van der Waals surface area (Å²) in [5.74, 6) is -0.444. The molecule has 31 valence electrons. The van der Waals surface area contributed by atoms with E-state index in [2.05, 4.69) is 10.5 Å². The van der Waals surface area contributed by atoms with Crippen LogP contribution in [0.5, 0.6) is 0 Å². The molecular weight excluding hydrogens is 101 g/mol. The molecule has 1 aromatic rings. The average molecular weight is 102 g/mol. The molecule has 0 amide bonds. The molecule has 1 heterocycles. The van der Waals surface area contributed by atoms with Crippen molar-refractivity contribution in [3.05, 3.63) is 16.8 Å². The summed E-state index contributed by atoms with van der Waals surface area (Å²) in [5, 5.41) is 1.29. The first-order chi connectivity index (χ1) is 2.89. The Kier molecular flexibility index (Phi) is 0.837. The Labute approximate surface area is 38.5 Å². The molecule has 0 unspecified atom stereocenters. The molecule has 0 aliphatic heterocycles. The molecule has 0 aliphatic carbocycles. The molecule has 0 N–H and O–H groups in total. The largest absolute Gasteiger partial charge is 0.224 e. The van der Waals surface area contributed by atoms with Gasteiger partial charge in [-0.1, -0.05) is 0 Å². The molecule has 1 radical (unpaired) electrons. The summed E-state index contributed by atoms with van der Waals surface area (Å²) in [6.07, 6.45) is 0. The van der Waals surface area contributed by atoms with Gasteiger partial charge in [0.15, 0.2) is 5.51 Å². The van der Waals surface area contributed by atoms with Crippen molar-refractivity contribution in [3.8, 4) is 0 Å². The van der Waals surface area contributed by atoms with Crippen LogP contribution in [0.15, 0.2) is 5.38 Å².